The van der Waals surface area contributed by atoms with Crippen molar-refractivity contribution < 1.29 is 28.8 Å². The highest BCUT2D eigenvalue weighted by Crippen LogP contribution is 2.39. The maximum atomic E-state index is 11.9. The topological polar surface area (TPSA) is 112 Å². The van der Waals surface area contributed by atoms with Gasteiger partial charge in [0.25, 0.3) is 0 Å². The van der Waals surface area contributed by atoms with Gasteiger partial charge >= 0.3 is 0 Å². The van der Waals surface area contributed by atoms with E-state index in [0.717, 1.165) is 11.1 Å². The minimum atomic E-state index is -0.997. The summed E-state index contributed by atoms with van der Waals surface area (Å²) in [5, 5.41) is 11.6. The molecule has 0 saturated heterocycles. The summed E-state index contributed by atoms with van der Waals surface area (Å²) in [6.45, 7) is -0.437. The first kappa shape index (κ1) is 24.4. The number of ether oxygens (including phenoxy) is 4. The lowest BCUT2D eigenvalue weighted by Gasteiger charge is -2.16. The molecule has 2 aromatic rings. The number of methoxy groups -OCH3 is 4. The van der Waals surface area contributed by atoms with E-state index in [4.69, 9.17) is 29.8 Å². The van der Waals surface area contributed by atoms with Crippen molar-refractivity contribution >= 4 is 24.0 Å². The van der Waals surface area contributed by atoms with Crippen LogP contribution in [0.5, 0.6) is 23.0 Å². The van der Waals surface area contributed by atoms with Gasteiger partial charge in [0.1, 0.15) is 11.8 Å². The summed E-state index contributed by atoms with van der Waals surface area (Å²) in [5.41, 5.74) is 7.91. The van der Waals surface area contributed by atoms with Crippen LogP contribution in [0.3, 0.4) is 0 Å². The predicted molar refractivity (Wildman–Crippen MR) is 113 cm³/mol. The Morgan fingerprint density at radius 2 is 1.52 bits per heavy atom. The van der Waals surface area contributed by atoms with Crippen molar-refractivity contribution in [3.8, 4) is 23.0 Å². The van der Waals surface area contributed by atoms with Gasteiger partial charge in [0.2, 0.25) is 11.7 Å². The van der Waals surface area contributed by atoms with Crippen LogP contribution < -0.4 is 30.0 Å². The molecule has 8 nitrogen and oxygen atoms in total. The van der Waals surface area contributed by atoms with Crippen molar-refractivity contribution in [3.05, 3.63) is 41.5 Å². The highest BCUT2D eigenvalue weighted by Gasteiger charge is 2.16. The molecular formula is C20H27ClN2O6. The number of carbonyl (C=O) groups excluding carboxylic acids is 1. The molecule has 0 aliphatic carbocycles. The van der Waals surface area contributed by atoms with Gasteiger partial charge < -0.3 is 35.1 Å². The van der Waals surface area contributed by atoms with Gasteiger partial charge in [-0.25, -0.2) is 0 Å². The fourth-order valence-electron chi connectivity index (χ4n) is 2.73. The number of rotatable bonds is 9. The predicted octanol–water partition coefficient (Wildman–Crippen LogP) is 1.99. The fourth-order valence-corrected chi connectivity index (χ4v) is 2.73. The highest BCUT2D eigenvalue weighted by molar-refractivity contribution is 5.96. The first-order valence-electron chi connectivity index (χ1n) is 8.60. The third-order valence-corrected chi connectivity index (χ3v) is 4.19. The van der Waals surface area contributed by atoms with Gasteiger partial charge in [0, 0.05) is 0 Å². The van der Waals surface area contributed by atoms with Crippen LogP contribution >= 0.6 is 12.4 Å². The molecule has 0 radical (unpaired) electrons. The number of hydrogen-bond donors (Lipinski definition) is 3. The molecule has 29 heavy (non-hydrogen) atoms. The molecule has 0 saturated carbocycles. The van der Waals surface area contributed by atoms with Crippen LogP contribution in [0.25, 0.3) is 0 Å². The van der Waals surface area contributed by atoms with Gasteiger partial charge in [-0.1, -0.05) is 6.07 Å². The molecule has 0 heterocycles. The Morgan fingerprint density at radius 1 is 0.966 bits per heavy atom. The number of benzene rings is 2. The summed E-state index contributed by atoms with van der Waals surface area (Å²) in [6.07, 6.45) is 0.581. The lowest BCUT2D eigenvalue weighted by molar-refractivity contribution is -0.118. The second-order valence-electron chi connectivity index (χ2n) is 6.02. The van der Waals surface area contributed by atoms with E-state index in [-0.39, 0.29) is 12.4 Å². The lowest BCUT2D eigenvalue weighted by atomic mass is 10.0. The zero-order valence-electron chi connectivity index (χ0n) is 16.9. The molecule has 0 bridgehead atoms. The van der Waals surface area contributed by atoms with Gasteiger partial charge in [0.05, 0.1) is 40.7 Å². The molecule has 4 N–H and O–H groups in total. The van der Waals surface area contributed by atoms with Crippen LogP contribution in [0.1, 0.15) is 11.1 Å². The molecule has 0 fully saturated rings. The van der Waals surface area contributed by atoms with Gasteiger partial charge in [0.15, 0.2) is 11.5 Å². The first-order chi connectivity index (χ1) is 13.5. The molecule has 9 heteroatoms. The van der Waals surface area contributed by atoms with Crippen molar-refractivity contribution in [2.75, 3.05) is 40.4 Å². The maximum absolute atomic E-state index is 11.9. The number of anilines is 1. The highest BCUT2D eigenvalue weighted by atomic mass is 35.5. The van der Waals surface area contributed by atoms with E-state index >= 15 is 0 Å². The van der Waals surface area contributed by atoms with Crippen LogP contribution in [0, 0.1) is 0 Å². The number of aliphatic hydroxyl groups excluding tert-OH is 1. The van der Waals surface area contributed by atoms with E-state index in [9.17, 15) is 4.79 Å². The molecule has 0 aliphatic rings. The molecule has 0 aliphatic heterocycles. The Kier molecular flexibility index (Phi) is 9.54. The Balaban J connectivity index is 0.00000420. The molecule has 1 atom stereocenters. The molecule has 0 spiro atoms. The van der Waals surface area contributed by atoms with Gasteiger partial charge in [-0.3, -0.25) is 4.79 Å². The second-order valence-corrected chi connectivity index (χ2v) is 6.02. The van der Waals surface area contributed by atoms with Crippen molar-refractivity contribution in [3.63, 3.8) is 0 Å². The summed E-state index contributed by atoms with van der Waals surface area (Å²) in [7, 11) is 6.21. The van der Waals surface area contributed by atoms with Crippen LogP contribution in [0.4, 0.5) is 5.69 Å². The van der Waals surface area contributed by atoms with Crippen molar-refractivity contribution in [1.82, 2.24) is 0 Å². The van der Waals surface area contributed by atoms with E-state index < -0.39 is 18.6 Å². The Morgan fingerprint density at radius 3 is 2.00 bits per heavy atom. The first-order valence-corrected chi connectivity index (χ1v) is 8.60. The Labute approximate surface area is 176 Å². The maximum Gasteiger partial charge on any atom is 0.243 e. The van der Waals surface area contributed by atoms with Gasteiger partial charge in [-0.2, -0.15) is 0 Å². The van der Waals surface area contributed by atoms with Gasteiger partial charge in [-0.05, 0) is 41.8 Å². The third kappa shape index (κ3) is 5.90. The summed E-state index contributed by atoms with van der Waals surface area (Å²) in [5.74, 6) is 1.68. The lowest BCUT2D eigenvalue weighted by Crippen LogP contribution is -2.38. The van der Waals surface area contributed by atoms with Crippen LogP contribution in [0.2, 0.25) is 0 Å². The van der Waals surface area contributed by atoms with E-state index in [2.05, 4.69) is 5.32 Å². The average molecular weight is 427 g/mol. The van der Waals surface area contributed by atoms with Crippen LogP contribution in [-0.4, -0.2) is 52.1 Å². The minimum absolute atomic E-state index is 0. The molecular weight excluding hydrogens is 400 g/mol. The zero-order chi connectivity index (χ0) is 20.7. The summed E-state index contributed by atoms with van der Waals surface area (Å²) < 4.78 is 21.5. The quantitative estimate of drug-likeness (QED) is 0.562. The number of carbonyl (C=O) groups is 1. The zero-order valence-corrected chi connectivity index (χ0v) is 17.7. The average Bonchev–Trinajstić information content (AvgIpc) is 2.73. The minimum Gasteiger partial charge on any atom is -0.495 e. The summed E-state index contributed by atoms with van der Waals surface area (Å²) in [6, 6.07) is 8.18. The molecule has 1 amide bonds. The van der Waals surface area contributed by atoms with Crippen molar-refractivity contribution in [2.24, 2.45) is 5.73 Å². The second kappa shape index (κ2) is 11.4. The number of amides is 1. The van der Waals surface area contributed by atoms with Crippen LogP contribution in [-0.2, 0) is 11.2 Å². The van der Waals surface area contributed by atoms with Crippen molar-refractivity contribution in [1.29, 1.82) is 0 Å². The molecule has 2 rings (SSSR count). The Bertz CT molecular complexity index is 806. The van der Waals surface area contributed by atoms with E-state index in [0.29, 0.717) is 35.1 Å². The number of nitrogens with two attached hydrogens (primary N) is 1. The fraction of sp³-hybridized carbons (Fsp3) is 0.350. The molecule has 0 unspecified atom stereocenters. The summed E-state index contributed by atoms with van der Waals surface area (Å²) >= 11 is 0. The SMILES string of the molecule is COc1cc(Cc2cc(OC)c(OC)c(OC)c2)ccc1NC(=O)[C@@H](N)CO.Cl. The normalized spacial score (nSPS) is 11.1. The van der Waals surface area contributed by atoms with E-state index in [1.165, 1.54) is 7.11 Å². The van der Waals surface area contributed by atoms with E-state index in [1.807, 2.05) is 24.3 Å². The summed E-state index contributed by atoms with van der Waals surface area (Å²) in [4.78, 5) is 11.9. The standard InChI is InChI=1S/C20H26N2O6.ClH/c1-25-16-8-12(5-6-15(16)22-20(24)14(21)11-23)7-13-9-17(26-2)19(28-4)18(10-13)27-3;/h5-6,8-10,14,23H,7,11,21H2,1-4H3,(H,22,24);1H/t14-;/m0./s1. The molecule has 2 aromatic carbocycles. The number of aliphatic hydroxyl groups is 1. The van der Waals surface area contributed by atoms with Crippen molar-refractivity contribution in [2.45, 2.75) is 12.5 Å². The third-order valence-electron chi connectivity index (χ3n) is 4.19. The van der Waals surface area contributed by atoms with Gasteiger partial charge in [-0.15, -0.1) is 12.4 Å². The largest absolute Gasteiger partial charge is 0.495 e. The smallest absolute Gasteiger partial charge is 0.243 e. The number of halogens is 1. The van der Waals surface area contributed by atoms with Crippen LogP contribution in [0.15, 0.2) is 30.3 Å². The monoisotopic (exact) mass is 426 g/mol. The molecule has 0 aromatic heterocycles. The number of hydrogen-bond acceptors (Lipinski definition) is 7. The molecule has 160 valence electrons. The number of nitrogens with one attached hydrogen (secondary N) is 1. The Hall–Kier alpha value is -2.68. The van der Waals surface area contributed by atoms with E-state index in [1.54, 1.807) is 27.4 Å².